The molecule has 3 aromatic rings. The second kappa shape index (κ2) is 9.04. The van der Waals surface area contributed by atoms with Crippen LogP contribution in [0.4, 0.5) is 5.82 Å². The largest absolute Gasteiger partial charge is 0.334 e. The monoisotopic (exact) mass is 410 g/mol. The van der Waals surface area contributed by atoms with Crippen molar-refractivity contribution >= 4 is 23.5 Å². The van der Waals surface area contributed by atoms with Crippen LogP contribution in [0.5, 0.6) is 0 Å². The molecule has 1 amide bonds. The van der Waals surface area contributed by atoms with Crippen molar-refractivity contribution in [2.24, 2.45) is 0 Å². The number of H-pyrrole nitrogens is 1. The number of aromatic amines is 1. The minimum Gasteiger partial charge on any atom is -0.334 e. The maximum atomic E-state index is 12.7. The van der Waals surface area contributed by atoms with Crippen molar-refractivity contribution in [3.63, 3.8) is 0 Å². The Kier molecular flexibility index (Phi) is 6.04. The molecule has 1 N–H and O–H groups in total. The molecule has 1 aliphatic rings. The van der Waals surface area contributed by atoms with Gasteiger partial charge in [0.25, 0.3) is 5.82 Å². The molecule has 0 unspecified atom stereocenters. The van der Waals surface area contributed by atoms with Crippen LogP contribution in [0.1, 0.15) is 6.92 Å². The minimum atomic E-state index is 0.141. The third-order valence-corrected chi connectivity index (χ3v) is 5.91. The molecular formula is C20H24N7OS+. The van der Waals surface area contributed by atoms with Gasteiger partial charge in [0.1, 0.15) is 13.1 Å². The molecule has 0 bridgehead atoms. The first kappa shape index (κ1) is 19.4. The highest BCUT2D eigenvalue weighted by Gasteiger charge is 2.26. The summed E-state index contributed by atoms with van der Waals surface area (Å²) in [5.74, 6) is 2.40. The second-order valence-electron chi connectivity index (χ2n) is 6.69. The van der Waals surface area contributed by atoms with Gasteiger partial charge in [-0.2, -0.15) is 0 Å². The van der Waals surface area contributed by atoms with Gasteiger partial charge < -0.3 is 9.47 Å². The van der Waals surface area contributed by atoms with E-state index in [1.807, 2.05) is 39.9 Å². The van der Waals surface area contributed by atoms with Crippen LogP contribution in [0.15, 0.2) is 54.1 Å². The summed E-state index contributed by atoms with van der Waals surface area (Å²) in [6, 6.07) is 9.88. The number of hydrogen-bond donors (Lipinski definition) is 0. The number of thioether (sulfide) groups is 1. The number of anilines is 1. The molecule has 0 atom stereocenters. The van der Waals surface area contributed by atoms with E-state index in [9.17, 15) is 4.79 Å². The van der Waals surface area contributed by atoms with E-state index in [0.717, 1.165) is 55.1 Å². The molecule has 1 aliphatic heterocycles. The Morgan fingerprint density at radius 3 is 2.59 bits per heavy atom. The van der Waals surface area contributed by atoms with Gasteiger partial charge in [-0.1, -0.05) is 17.8 Å². The van der Waals surface area contributed by atoms with Gasteiger partial charge in [-0.15, -0.1) is 10.2 Å². The highest BCUT2D eigenvalue weighted by Crippen LogP contribution is 2.24. The zero-order valence-electron chi connectivity index (χ0n) is 16.4. The van der Waals surface area contributed by atoms with Gasteiger partial charge in [0.2, 0.25) is 5.91 Å². The van der Waals surface area contributed by atoms with Crippen molar-refractivity contribution in [2.45, 2.75) is 18.6 Å². The summed E-state index contributed by atoms with van der Waals surface area (Å²) in [4.78, 5) is 24.2. The van der Waals surface area contributed by atoms with Gasteiger partial charge in [0.05, 0.1) is 25.0 Å². The van der Waals surface area contributed by atoms with Crippen LogP contribution in [-0.4, -0.2) is 62.5 Å². The van der Waals surface area contributed by atoms with E-state index in [-0.39, 0.29) is 5.91 Å². The smallest absolute Gasteiger partial charge is 0.274 e. The maximum Gasteiger partial charge on any atom is 0.274 e. The fourth-order valence-corrected chi connectivity index (χ4v) is 4.30. The Hall–Kier alpha value is -2.94. The molecule has 1 saturated heterocycles. The topological polar surface area (TPSA) is 81.3 Å². The summed E-state index contributed by atoms with van der Waals surface area (Å²) in [6.45, 7) is 5.91. The molecule has 8 nitrogen and oxygen atoms in total. The van der Waals surface area contributed by atoms with Crippen molar-refractivity contribution in [3.8, 4) is 11.4 Å². The molecule has 4 heterocycles. The van der Waals surface area contributed by atoms with E-state index in [0.29, 0.717) is 5.75 Å². The number of piperazine rings is 1. The summed E-state index contributed by atoms with van der Waals surface area (Å²) in [5, 5.41) is 9.39. The van der Waals surface area contributed by atoms with E-state index < -0.39 is 0 Å². The number of carbonyl (C=O) groups excluding carboxylic acids is 1. The first-order valence-corrected chi connectivity index (χ1v) is 10.7. The fourth-order valence-electron chi connectivity index (χ4n) is 3.39. The summed E-state index contributed by atoms with van der Waals surface area (Å²) in [6.07, 6.45) is 5.41. The normalized spacial score (nSPS) is 14.2. The van der Waals surface area contributed by atoms with Gasteiger partial charge in [-0.25, -0.2) is 4.98 Å². The van der Waals surface area contributed by atoms with Crippen LogP contribution < -0.4 is 9.88 Å². The second-order valence-corrected chi connectivity index (χ2v) is 7.63. The molecule has 0 aliphatic carbocycles. The molecule has 0 saturated carbocycles. The lowest BCUT2D eigenvalue weighted by Crippen LogP contribution is -2.50. The van der Waals surface area contributed by atoms with E-state index in [4.69, 9.17) is 0 Å². The van der Waals surface area contributed by atoms with Gasteiger partial charge in [-0.3, -0.25) is 14.7 Å². The summed E-state index contributed by atoms with van der Waals surface area (Å²) >= 11 is 1.45. The average molecular weight is 411 g/mol. The SMILES string of the molecule is CCn1c(SCC(=O)N2CCN(c3cccc[nH+]3)CC2)nnc1-c1ccncc1. The first-order chi connectivity index (χ1) is 14.3. The summed E-state index contributed by atoms with van der Waals surface area (Å²) in [7, 11) is 0. The number of hydrogen-bond acceptors (Lipinski definition) is 6. The number of pyridine rings is 2. The lowest BCUT2D eigenvalue weighted by atomic mass is 10.2. The van der Waals surface area contributed by atoms with Crippen LogP contribution in [0.3, 0.4) is 0 Å². The van der Waals surface area contributed by atoms with E-state index >= 15 is 0 Å². The zero-order chi connectivity index (χ0) is 20.1. The van der Waals surface area contributed by atoms with Crippen molar-refractivity contribution < 1.29 is 9.78 Å². The number of rotatable bonds is 6. The number of nitrogens with one attached hydrogen (secondary N) is 1. The third kappa shape index (κ3) is 4.40. The zero-order valence-corrected chi connectivity index (χ0v) is 17.2. The van der Waals surface area contributed by atoms with Gasteiger partial charge >= 0.3 is 0 Å². The lowest BCUT2D eigenvalue weighted by molar-refractivity contribution is -0.364. The van der Waals surface area contributed by atoms with Crippen LogP contribution in [0.2, 0.25) is 0 Å². The Bertz CT molecular complexity index is 940. The quantitative estimate of drug-likeness (QED) is 0.575. The average Bonchev–Trinajstić information content (AvgIpc) is 3.21. The van der Waals surface area contributed by atoms with Crippen LogP contribution in [-0.2, 0) is 11.3 Å². The molecule has 0 spiro atoms. The highest BCUT2D eigenvalue weighted by molar-refractivity contribution is 7.99. The lowest BCUT2D eigenvalue weighted by Gasteiger charge is -2.30. The predicted octanol–water partition coefficient (Wildman–Crippen LogP) is 1.61. The standard InChI is InChI=1S/C20H23N7OS/c1-2-27-19(16-6-9-21-10-7-16)23-24-20(27)29-15-18(28)26-13-11-25(12-14-26)17-5-3-4-8-22-17/h3-10H,2,11-15H2,1H3/p+1. The van der Waals surface area contributed by atoms with Crippen molar-refractivity contribution in [2.75, 3.05) is 36.8 Å². The number of aromatic nitrogens is 5. The predicted molar refractivity (Wildman–Crippen MR) is 111 cm³/mol. The maximum absolute atomic E-state index is 12.7. The minimum absolute atomic E-state index is 0.141. The van der Waals surface area contributed by atoms with E-state index in [2.05, 4.69) is 38.1 Å². The fraction of sp³-hybridized carbons (Fsp3) is 0.350. The Morgan fingerprint density at radius 2 is 1.90 bits per heavy atom. The molecule has 150 valence electrons. The van der Waals surface area contributed by atoms with E-state index in [1.54, 1.807) is 12.4 Å². The van der Waals surface area contributed by atoms with E-state index in [1.165, 1.54) is 11.8 Å². The van der Waals surface area contributed by atoms with Crippen LogP contribution in [0.25, 0.3) is 11.4 Å². The number of carbonyl (C=O) groups is 1. The highest BCUT2D eigenvalue weighted by atomic mass is 32.2. The Labute approximate surface area is 174 Å². The first-order valence-electron chi connectivity index (χ1n) is 9.72. The van der Waals surface area contributed by atoms with Crippen molar-refractivity contribution in [3.05, 3.63) is 48.9 Å². The van der Waals surface area contributed by atoms with Gasteiger partial charge in [0, 0.05) is 30.6 Å². The van der Waals surface area contributed by atoms with Gasteiger partial charge in [-0.05, 0) is 25.1 Å². The van der Waals surface area contributed by atoms with Crippen LogP contribution >= 0.6 is 11.8 Å². The van der Waals surface area contributed by atoms with Crippen molar-refractivity contribution in [1.29, 1.82) is 0 Å². The molecule has 29 heavy (non-hydrogen) atoms. The molecule has 4 rings (SSSR count). The molecule has 0 aromatic carbocycles. The molecule has 1 fully saturated rings. The van der Waals surface area contributed by atoms with Gasteiger partial charge in [0.15, 0.2) is 11.0 Å². The Balaban J connectivity index is 1.34. The number of nitrogens with zero attached hydrogens (tertiary/aromatic N) is 6. The molecular weight excluding hydrogens is 386 g/mol. The molecule has 9 heteroatoms. The van der Waals surface area contributed by atoms with Crippen molar-refractivity contribution in [1.82, 2.24) is 24.6 Å². The van der Waals surface area contributed by atoms with Crippen LogP contribution in [0, 0.1) is 0 Å². The molecule has 3 aromatic heterocycles. The summed E-state index contributed by atoms with van der Waals surface area (Å²) in [5.41, 5.74) is 0.973. The molecule has 0 radical (unpaired) electrons. The number of amides is 1. The third-order valence-electron chi connectivity index (χ3n) is 4.96. The Morgan fingerprint density at radius 1 is 1.10 bits per heavy atom. The summed E-state index contributed by atoms with van der Waals surface area (Å²) < 4.78 is 2.04.